The van der Waals surface area contributed by atoms with Gasteiger partial charge >= 0.3 is 0 Å². The monoisotopic (exact) mass is 219 g/mol. The lowest BCUT2D eigenvalue weighted by molar-refractivity contribution is 0.424. The van der Waals surface area contributed by atoms with E-state index in [4.69, 9.17) is 0 Å². The molecular formula is C15H25N. The minimum absolute atomic E-state index is 0.574. The fraction of sp³-hybridized carbons (Fsp3) is 0.600. The van der Waals surface area contributed by atoms with Crippen molar-refractivity contribution in [1.29, 1.82) is 0 Å². The van der Waals surface area contributed by atoms with E-state index in [-0.39, 0.29) is 0 Å². The van der Waals surface area contributed by atoms with Crippen LogP contribution in [0.15, 0.2) is 24.3 Å². The van der Waals surface area contributed by atoms with Crippen molar-refractivity contribution in [2.45, 2.75) is 46.1 Å². The van der Waals surface area contributed by atoms with Gasteiger partial charge in [-0.15, -0.1) is 0 Å². The third kappa shape index (κ3) is 3.64. The molecule has 0 bridgehead atoms. The van der Waals surface area contributed by atoms with Crippen molar-refractivity contribution >= 4 is 0 Å². The zero-order valence-corrected chi connectivity index (χ0v) is 11.2. The molecular weight excluding hydrogens is 194 g/mol. The van der Waals surface area contributed by atoms with Gasteiger partial charge in [0.2, 0.25) is 0 Å². The normalized spacial score (nSPS) is 13.4. The van der Waals surface area contributed by atoms with E-state index in [0.29, 0.717) is 17.9 Å². The molecule has 0 saturated carbocycles. The Morgan fingerprint density at radius 1 is 1.00 bits per heavy atom. The lowest BCUT2D eigenvalue weighted by atomic mass is 9.94. The van der Waals surface area contributed by atoms with Crippen LogP contribution >= 0.6 is 0 Å². The predicted molar refractivity (Wildman–Crippen MR) is 71.9 cm³/mol. The smallest absolute Gasteiger partial charge is 0.0127 e. The fourth-order valence-corrected chi connectivity index (χ4v) is 1.96. The molecule has 0 aliphatic rings. The second-order valence-corrected chi connectivity index (χ2v) is 5.24. The molecule has 1 aromatic carbocycles. The first-order valence-electron chi connectivity index (χ1n) is 6.30. The summed E-state index contributed by atoms with van der Waals surface area (Å²) in [5.74, 6) is 1.30. The molecule has 0 aliphatic heterocycles. The van der Waals surface area contributed by atoms with Gasteiger partial charge in [-0.2, -0.15) is 0 Å². The number of hydrogen-bond acceptors (Lipinski definition) is 1. The van der Waals surface area contributed by atoms with Crippen molar-refractivity contribution < 1.29 is 0 Å². The summed E-state index contributed by atoms with van der Waals surface area (Å²) in [6.07, 6.45) is 1.12. The topological polar surface area (TPSA) is 12.0 Å². The molecule has 0 aromatic heterocycles. The van der Waals surface area contributed by atoms with Crippen LogP contribution < -0.4 is 5.32 Å². The zero-order valence-electron chi connectivity index (χ0n) is 11.2. The average molecular weight is 219 g/mol. The number of rotatable bonds is 5. The van der Waals surface area contributed by atoms with Crippen LogP contribution in [0.2, 0.25) is 0 Å². The van der Waals surface area contributed by atoms with Gasteiger partial charge in [-0.1, -0.05) is 52.0 Å². The Labute approximate surface area is 100 Å². The van der Waals surface area contributed by atoms with Crippen LogP contribution in [0, 0.1) is 5.92 Å². The van der Waals surface area contributed by atoms with Gasteiger partial charge < -0.3 is 5.32 Å². The van der Waals surface area contributed by atoms with E-state index in [9.17, 15) is 0 Å². The second-order valence-electron chi connectivity index (χ2n) is 5.24. The SMILES string of the molecule is CNC(Cc1ccc(C(C)C)cc1)C(C)C. The molecule has 1 atom stereocenters. The highest BCUT2D eigenvalue weighted by Gasteiger charge is 2.11. The second kappa shape index (κ2) is 6.05. The van der Waals surface area contributed by atoms with Gasteiger partial charge in [-0.3, -0.25) is 0 Å². The summed E-state index contributed by atoms with van der Waals surface area (Å²) in [4.78, 5) is 0. The van der Waals surface area contributed by atoms with Gasteiger partial charge in [0.25, 0.3) is 0 Å². The average Bonchev–Trinajstić information content (AvgIpc) is 2.26. The lowest BCUT2D eigenvalue weighted by Crippen LogP contribution is -2.32. The van der Waals surface area contributed by atoms with Gasteiger partial charge in [0, 0.05) is 6.04 Å². The van der Waals surface area contributed by atoms with E-state index < -0.39 is 0 Å². The Kier molecular flexibility index (Phi) is 5.01. The molecule has 1 nitrogen and oxygen atoms in total. The summed E-state index contributed by atoms with van der Waals surface area (Å²) in [6, 6.07) is 9.62. The van der Waals surface area contributed by atoms with E-state index in [0.717, 1.165) is 6.42 Å². The van der Waals surface area contributed by atoms with E-state index in [1.807, 2.05) is 7.05 Å². The van der Waals surface area contributed by atoms with Crippen molar-refractivity contribution in [2.24, 2.45) is 5.92 Å². The van der Waals surface area contributed by atoms with Crippen LogP contribution in [0.1, 0.15) is 44.7 Å². The zero-order chi connectivity index (χ0) is 12.1. The summed E-state index contributed by atoms with van der Waals surface area (Å²) in [5, 5.41) is 3.39. The minimum Gasteiger partial charge on any atom is -0.316 e. The Morgan fingerprint density at radius 3 is 1.94 bits per heavy atom. The molecule has 16 heavy (non-hydrogen) atoms. The van der Waals surface area contributed by atoms with Crippen molar-refractivity contribution in [3.05, 3.63) is 35.4 Å². The van der Waals surface area contributed by atoms with Crippen LogP contribution in [0.5, 0.6) is 0 Å². The van der Waals surface area contributed by atoms with E-state index in [1.54, 1.807) is 0 Å². The van der Waals surface area contributed by atoms with Crippen LogP contribution in [0.25, 0.3) is 0 Å². The molecule has 1 aromatic rings. The van der Waals surface area contributed by atoms with E-state index >= 15 is 0 Å². The molecule has 0 fully saturated rings. The minimum atomic E-state index is 0.574. The summed E-state index contributed by atoms with van der Waals surface area (Å²) < 4.78 is 0. The first-order chi connectivity index (χ1) is 7.54. The lowest BCUT2D eigenvalue weighted by Gasteiger charge is -2.20. The maximum Gasteiger partial charge on any atom is 0.0127 e. The molecule has 90 valence electrons. The maximum absolute atomic E-state index is 3.39. The summed E-state index contributed by atoms with van der Waals surface area (Å²) in [5.41, 5.74) is 2.85. The van der Waals surface area contributed by atoms with Crippen molar-refractivity contribution in [3.8, 4) is 0 Å². The molecule has 0 saturated heterocycles. The summed E-state index contributed by atoms with van der Waals surface area (Å²) in [7, 11) is 2.05. The highest BCUT2D eigenvalue weighted by atomic mass is 14.9. The van der Waals surface area contributed by atoms with E-state index in [2.05, 4.69) is 57.3 Å². The predicted octanol–water partition coefficient (Wildman–Crippen LogP) is 3.60. The number of likely N-dealkylation sites (N-methyl/N-ethyl adjacent to an activating group) is 1. The first kappa shape index (κ1) is 13.2. The Hall–Kier alpha value is -0.820. The molecule has 1 rings (SSSR count). The molecule has 1 unspecified atom stereocenters. The van der Waals surface area contributed by atoms with Gasteiger partial charge in [-0.05, 0) is 36.4 Å². The van der Waals surface area contributed by atoms with Crippen LogP contribution in [0.4, 0.5) is 0 Å². The molecule has 0 aliphatic carbocycles. The Morgan fingerprint density at radius 2 is 1.56 bits per heavy atom. The van der Waals surface area contributed by atoms with Crippen molar-refractivity contribution in [1.82, 2.24) is 5.32 Å². The van der Waals surface area contributed by atoms with Gasteiger partial charge in [0.15, 0.2) is 0 Å². The molecule has 0 heterocycles. The van der Waals surface area contributed by atoms with Gasteiger partial charge in [-0.25, -0.2) is 0 Å². The molecule has 1 heteroatoms. The molecule has 1 N–H and O–H groups in total. The first-order valence-corrected chi connectivity index (χ1v) is 6.30. The number of benzene rings is 1. The summed E-state index contributed by atoms with van der Waals surface area (Å²) in [6.45, 7) is 9.01. The fourth-order valence-electron chi connectivity index (χ4n) is 1.96. The quantitative estimate of drug-likeness (QED) is 0.798. The van der Waals surface area contributed by atoms with Gasteiger partial charge in [0.1, 0.15) is 0 Å². The summed E-state index contributed by atoms with van der Waals surface area (Å²) >= 11 is 0. The van der Waals surface area contributed by atoms with Crippen LogP contribution in [0.3, 0.4) is 0 Å². The highest BCUT2D eigenvalue weighted by Crippen LogP contribution is 2.16. The third-order valence-electron chi connectivity index (χ3n) is 3.28. The molecule has 0 spiro atoms. The maximum atomic E-state index is 3.39. The standard InChI is InChI=1S/C15H25N/c1-11(2)14-8-6-13(7-9-14)10-15(16-5)12(3)4/h6-9,11-12,15-16H,10H2,1-5H3. The van der Waals surface area contributed by atoms with Crippen molar-refractivity contribution in [3.63, 3.8) is 0 Å². The Bertz CT molecular complexity index is 298. The number of nitrogens with one attached hydrogen (secondary N) is 1. The third-order valence-corrected chi connectivity index (χ3v) is 3.28. The van der Waals surface area contributed by atoms with Crippen LogP contribution in [-0.4, -0.2) is 13.1 Å². The molecule has 0 amide bonds. The Balaban J connectivity index is 2.67. The molecule has 0 radical (unpaired) electrons. The number of hydrogen-bond donors (Lipinski definition) is 1. The van der Waals surface area contributed by atoms with Gasteiger partial charge in [0.05, 0.1) is 0 Å². The van der Waals surface area contributed by atoms with Crippen molar-refractivity contribution in [2.75, 3.05) is 7.05 Å². The van der Waals surface area contributed by atoms with Crippen LogP contribution in [-0.2, 0) is 6.42 Å². The van der Waals surface area contributed by atoms with E-state index in [1.165, 1.54) is 11.1 Å². The largest absolute Gasteiger partial charge is 0.316 e. The highest BCUT2D eigenvalue weighted by molar-refractivity contribution is 5.25.